The summed E-state index contributed by atoms with van der Waals surface area (Å²) >= 11 is 0. The third kappa shape index (κ3) is 1.20. The SMILES string of the molecule is COc1c[nH]c(C(=O)O)c1OC. The molecule has 1 aromatic rings. The van der Waals surface area contributed by atoms with Gasteiger partial charge in [0.2, 0.25) is 0 Å². The fraction of sp³-hybridized carbons (Fsp3) is 0.286. The highest BCUT2D eigenvalue weighted by atomic mass is 16.5. The van der Waals surface area contributed by atoms with Crippen LogP contribution in [0.1, 0.15) is 10.5 Å². The second-order valence-corrected chi connectivity index (χ2v) is 2.07. The molecule has 1 rings (SSSR count). The molecule has 12 heavy (non-hydrogen) atoms. The number of aromatic carboxylic acids is 1. The summed E-state index contributed by atoms with van der Waals surface area (Å²) in [5.41, 5.74) is -0.00523. The third-order valence-corrected chi connectivity index (χ3v) is 1.44. The highest BCUT2D eigenvalue weighted by Crippen LogP contribution is 2.30. The molecule has 0 saturated carbocycles. The minimum Gasteiger partial charge on any atom is -0.491 e. The Kier molecular flexibility index (Phi) is 2.23. The van der Waals surface area contributed by atoms with Gasteiger partial charge in [-0.1, -0.05) is 0 Å². The van der Waals surface area contributed by atoms with Gasteiger partial charge in [0.1, 0.15) is 0 Å². The molecule has 2 N–H and O–H groups in total. The van der Waals surface area contributed by atoms with Crippen LogP contribution in [0.3, 0.4) is 0 Å². The van der Waals surface area contributed by atoms with Gasteiger partial charge in [0, 0.05) is 6.20 Å². The Morgan fingerprint density at radius 3 is 2.58 bits per heavy atom. The van der Waals surface area contributed by atoms with Gasteiger partial charge in [-0.3, -0.25) is 0 Å². The van der Waals surface area contributed by atoms with E-state index in [9.17, 15) is 4.79 Å². The van der Waals surface area contributed by atoms with E-state index in [-0.39, 0.29) is 11.4 Å². The summed E-state index contributed by atoms with van der Waals surface area (Å²) in [6, 6.07) is 0. The fourth-order valence-corrected chi connectivity index (χ4v) is 0.905. The number of hydrogen-bond donors (Lipinski definition) is 2. The first-order valence-electron chi connectivity index (χ1n) is 3.23. The van der Waals surface area contributed by atoms with E-state index in [1.807, 2.05) is 0 Å². The summed E-state index contributed by atoms with van der Waals surface area (Å²) in [6.45, 7) is 0. The minimum absolute atomic E-state index is 0.00523. The zero-order valence-electron chi connectivity index (χ0n) is 6.75. The van der Waals surface area contributed by atoms with Crippen molar-refractivity contribution in [3.05, 3.63) is 11.9 Å². The maximum Gasteiger partial charge on any atom is 0.356 e. The van der Waals surface area contributed by atoms with Crippen molar-refractivity contribution >= 4 is 5.97 Å². The molecule has 0 aliphatic carbocycles. The number of carboxylic acid groups (broad SMARTS) is 1. The number of carboxylic acids is 1. The van der Waals surface area contributed by atoms with Crippen molar-refractivity contribution in [1.82, 2.24) is 4.98 Å². The largest absolute Gasteiger partial charge is 0.491 e. The predicted octanol–water partition coefficient (Wildman–Crippen LogP) is 0.730. The lowest BCUT2D eigenvalue weighted by atomic mass is 10.4. The first-order chi connectivity index (χ1) is 5.70. The Hall–Kier alpha value is -1.65. The first kappa shape index (κ1) is 8.45. The van der Waals surface area contributed by atoms with E-state index in [4.69, 9.17) is 14.6 Å². The van der Waals surface area contributed by atoms with Crippen molar-refractivity contribution in [3.8, 4) is 11.5 Å². The van der Waals surface area contributed by atoms with Crippen LogP contribution in [-0.4, -0.2) is 30.3 Å². The van der Waals surface area contributed by atoms with Crippen LogP contribution < -0.4 is 9.47 Å². The second kappa shape index (κ2) is 3.17. The molecule has 0 bridgehead atoms. The van der Waals surface area contributed by atoms with Gasteiger partial charge in [0.05, 0.1) is 14.2 Å². The molecule has 5 nitrogen and oxygen atoms in total. The topological polar surface area (TPSA) is 71.6 Å². The highest BCUT2D eigenvalue weighted by Gasteiger charge is 2.17. The number of H-pyrrole nitrogens is 1. The molecule has 66 valence electrons. The average molecular weight is 171 g/mol. The van der Waals surface area contributed by atoms with Gasteiger partial charge in [-0.25, -0.2) is 4.79 Å². The Morgan fingerprint density at radius 1 is 1.50 bits per heavy atom. The summed E-state index contributed by atoms with van der Waals surface area (Å²) < 4.78 is 9.68. The quantitative estimate of drug-likeness (QED) is 0.703. The fourth-order valence-electron chi connectivity index (χ4n) is 0.905. The molecule has 1 aromatic heterocycles. The molecular weight excluding hydrogens is 162 g/mol. The lowest BCUT2D eigenvalue weighted by Crippen LogP contribution is -1.99. The van der Waals surface area contributed by atoms with E-state index < -0.39 is 5.97 Å². The number of ether oxygens (including phenoxy) is 2. The summed E-state index contributed by atoms with van der Waals surface area (Å²) in [5.74, 6) is -0.477. The lowest BCUT2D eigenvalue weighted by Gasteiger charge is -2.00. The molecular formula is C7H9NO4. The average Bonchev–Trinajstić information content (AvgIpc) is 2.46. The van der Waals surface area contributed by atoms with E-state index in [0.717, 1.165) is 0 Å². The van der Waals surface area contributed by atoms with E-state index in [0.29, 0.717) is 5.75 Å². The van der Waals surface area contributed by atoms with Crippen LogP contribution in [0.2, 0.25) is 0 Å². The van der Waals surface area contributed by atoms with E-state index in [2.05, 4.69) is 4.98 Å². The standard InChI is InChI=1S/C7H9NO4/c1-11-4-3-8-5(7(9)10)6(4)12-2/h3,8H,1-2H3,(H,9,10). The Bertz CT molecular complexity index is 292. The summed E-state index contributed by atoms with van der Waals surface area (Å²) in [4.78, 5) is 13.1. The van der Waals surface area contributed by atoms with Crippen molar-refractivity contribution in [1.29, 1.82) is 0 Å². The predicted molar refractivity (Wildman–Crippen MR) is 40.9 cm³/mol. The number of rotatable bonds is 3. The van der Waals surface area contributed by atoms with Crippen LogP contribution in [0, 0.1) is 0 Å². The number of nitrogens with one attached hydrogen (secondary N) is 1. The Labute approximate surface area is 68.9 Å². The lowest BCUT2D eigenvalue weighted by molar-refractivity contribution is 0.0687. The van der Waals surface area contributed by atoms with Crippen LogP contribution in [0.4, 0.5) is 0 Å². The first-order valence-corrected chi connectivity index (χ1v) is 3.23. The molecule has 0 radical (unpaired) electrons. The van der Waals surface area contributed by atoms with Gasteiger partial charge in [-0.2, -0.15) is 0 Å². The van der Waals surface area contributed by atoms with E-state index in [1.165, 1.54) is 20.4 Å². The number of carbonyl (C=O) groups is 1. The molecule has 0 spiro atoms. The number of methoxy groups -OCH3 is 2. The van der Waals surface area contributed by atoms with Gasteiger partial charge in [0.25, 0.3) is 0 Å². The van der Waals surface area contributed by atoms with Gasteiger partial charge < -0.3 is 19.6 Å². The Morgan fingerprint density at radius 2 is 2.17 bits per heavy atom. The van der Waals surface area contributed by atoms with Crippen LogP contribution in [-0.2, 0) is 0 Å². The van der Waals surface area contributed by atoms with Crippen LogP contribution >= 0.6 is 0 Å². The molecule has 0 aliphatic heterocycles. The zero-order valence-corrected chi connectivity index (χ0v) is 6.75. The van der Waals surface area contributed by atoms with Crippen LogP contribution in [0.25, 0.3) is 0 Å². The number of hydrogen-bond acceptors (Lipinski definition) is 3. The van der Waals surface area contributed by atoms with Crippen LogP contribution in [0.15, 0.2) is 6.20 Å². The molecule has 1 heterocycles. The van der Waals surface area contributed by atoms with Crippen molar-refractivity contribution < 1.29 is 19.4 Å². The normalized spacial score (nSPS) is 9.50. The molecule has 5 heteroatoms. The number of aromatic nitrogens is 1. The second-order valence-electron chi connectivity index (χ2n) is 2.07. The van der Waals surface area contributed by atoms with Gasteiger partial charge in [0.15, 0.2) is 17.2 Å². The highest BCUT2D eigenvalue weighted by molar-refractivity contribution is 5.90. The summed E-state index contributed by atoms with van der Waals surface area (Å²) in [6.07, 6.45) is 1.43. The molecule has 0 atom stereocenters. The number of aromatic amines is 1. The summed E-state index contributed by atoms with van der Waals surface area (Å²) in [7, 11) is 2.83. The minimum atomic E-state index is -1.07. The third-order valence-electron chi connectivity index (χ3n) is 1.44. The molecule has 0 unspecified atom stereocenters. The van der Waals surface area contributed by atoms with Crippen LogP contribution in [0.5, 0.6) is 11.5 Å². The molecule has 0 fully saturated rings. The smallest absolute Gasteiger partial charge is 0.356 e. The zero-order chi connectivity index (χ0) is 9.14. The van der Waals surface area contributed by atoms with Gasteiger partial charge in [-0.15, -0.1) is 0 Å². The maximum atomic E-state index is 10.5. The Balaban J connectivity index is 3.13. The molecule has 0 saturated heterocycles. The van der Waals surface area contributed by atoms with Crippen molar-refractivity contribution in [2.45, 2.75) is 0 Å². The monoisotopic (exact) mass is 171 g/mol. The molecule has 0 aromatic carbocycles. The van der Waals surface area contributed by atoms with Crippen molar-refractivity contribution in [2.75, 3.05) is 14.2 Å². The van der Waals surface area contributed by atoms with E-state index in [1.54, 1.807) is 0 Å². The van der Waals surface area contributed by atoms with Crippen molar-refractivity contribution in [3.63, 3.8) is 0 Å². The van der Waals surface area contributed by atoms with E-state index >= 15 is 0 Å². The summed E-state index contributed by atoms with van der Waals surface area (Å²) in [5, 5.41) is 8.64. The van der Waals surface area contributed by atoms with Gasteiger partial charge >= 0.3 is 5.97 Å². The van der Waals surface area contributed by atoms with Gasteiger partial charge in [-0.05, 0) is 0 Å². The molecule has 0 aliphatic rings. The maximum absolute atomic E-state index is 10.5. The molecule has 0 amide bonds. The van der Waals surface area contributed by atoms with Crippen molar-refractivity contribution in [2.24, 2.45) is 0 Å².